The second-order valence-corrected chi connectivity index (χ2v) is 4.22. The lowest BCUT2D eigenvalue weighted by atomic mass is 10.1. The normalized spacial score (nSPS) is 11.2. The third kappa shape index (κ3) is 2.97. The summed E-state index contributed by atoms with van der Waals surface area (Å²) in [6.07, 6.45) is 1.49. The monoisotopic (exact) mass is 211 g/mol. The lowest BCUT2D eigenvalue weighted by molar-refractivity contribution is 0.161. The van der Waals surface area contributed by atoms with Crippen LogP contribution in [0, 0.1) is 0 Å². The predicted molar refractivity (Wildman–Crippen MR) is 57.7 cm³/mol. The van der Waals surface area contributed by atoms with Crippen LogP contribution in [-0.2, 0) is 0 Å². The van der Waals surface area contributed by atoms with Crippen LogP contribution in [0.1, 0.15) is 27.7 Å². The smallest absolute Gasteiger partial charge is 0.324 e. The SMILES string of the molecule is CCN(C(=O)Nc1ccno1)C(C)(C)C. The summed E-state index contributed by atoms with van der Waals surface area (Å²) in [7, 11) is 0. The van der Waals surface area contributed by atoms with Gasteiger partial charge in [-0.05, 0) is 27.7 Å². The van der Waals surface area contributed by atoms with Gasteiger partial charge in [0.25, 0.3) is 0 Å². The average Bonchev–Trinajstić information content (AvgIpc) is 2.54. The van der Waals surface area contributed by atoms with Crippen molar-refractivity contribution in [3.8, 4) is 0 Å². The maximum Gasteiger partial charge on any atom is 0.324 e. The summed E-state index contributed by atoms with van der Waals surface area (Å²) in [5.41, 5.74) is -0.209. The Hall–Kier alpha value is -1.52. The molecule has 0 aliphatic heterocycles. The maximum atomic E-state index is 11.8. The van der Waals surface area contributed by atoms with Crippen LogP contribution in [0.2, 0.25) is 0 Å². The van der Waals surface area contributed by atoms with E-state index in [9.17, 15) is 4.79 Å². The number of urea groups is 1. The van der Waals surface area contributed by atoms with E-state index >= 15 is 0 Å². The Labute approximate surface area is 89.4 Å². The summed E-state index contributed by atoms with van der Waals surface area (Å²) in [6, 6.07) is 1.43. The highest BCUT2D eigenvalue weighted by Crippen LogP contribution is 2.15. The molecule has 5 nitrogen and oxygen atoms in total. The Balaban J connectivity index is 2.67. The first-order valence-corrected chi connectivity index (χ1v) is 4.94. The van der Waals surface area contributed by atoms with Crippen molar-refractivity contribution >= 4 is 11.9 Å². The largest absolute Gasteiger partial charge is 0.338 e. The molecule has 1 heterocycles. The maximum absolute atomic E-state index is 11.8. The first kappa shape index (κ1) is 11.6. The molecule has 0 aliphatic rings. The van der Waals surface area contributed by atoms with E-state index in [2.05, 4.69) is 10.5 Å². The molecule has 5 heteroatoms. The van der Waals surface area contributed by atoms with Crippen molar-refractivity contribution in [1.82, 2.24) is 10.1 Å². The van der Waals surface area contributed by atoms with Crippen LogP contribution in [0.25, 0.3) is 0 Å². The zero-order valence-electron chi connectivity index (χ0n) is 9.57. The summed E-state index contributed by atoms with van der Waals surface area (Å²) in [4.78, 5) is 13.5. The number of aromatic nitrogens is 1. The molecule has 1 rings (SSSR count). The van der Waals surface area contributed by atoms with E-state index in [1.54, 1.807) is 11.0 Å². The van der Waals surface area contributed by atoms with Crippen molar-refractivity contribution in [2.24, 2.45) is 0 Å². The summed E-state index contributed by atoms with van der Waals surface area (Å²) < 4.78 is 4.80. The highest BCUT2D eigenvalue weighted by molar-refractivity contribution is 5.88. The Bertz CT molecular complexity index is 314. The summed E-state index contributed by atoms with van der Waals surface area (Å²) in [5, 5.41) is 6.15. The number of carbonyl (C=O) groups excluding carboxylic acids is 1. The number of anilines is 1. The molecule has 0 radical (unpaired) electrons. The topological polar surface area (TPSA) is 58.4 Å². The van der Waals surface area contributed by atoms with Crippen LogP contribution in [0.3, 0.4) is 0 Å². The van der Waals surface area contributed by atoms with Gasteiger partial charge in [-0.15, -0.1) is 0 Å². The second-order valence-electron chi connectivity index (χ2n) is 4.22. The molecule has 0 bridgehead atoms. The van der Waals surface area contributed by atoms with E-state index in [1.807, 2.05) is 27.7 Å². The molecular weight excluding hydrogens is 194 g/mol. The molecule has 0 spiro atoms. The van der Waals surface area contributed by atoms with Gasteiger partial charge >= 0.3 is 6.03 Å². The van der Waals surface area contributed by atoms with E-state index in [0.29, 0.717) is 12.4 Å². The molecule has 84 valence electrons. The van der Waals surface area contributed by atoms with Crippen LogP contribution in [0.5, 0.6) is 0 Å². The van der Waals surface area contributed by atoms with Gasteiger partial charge in [-0.3, -0.25) is 5.32 Å². The van der Waals surface area contributed by atoms with Crippen molar-refractivity contribution < 1.29 is 9.32 Å². The minimum Gasteiger partial charge on any atom is -0.338 e. The number of nitrogens with one attached hydrogen (secondary N) is 1. The first-order chi connectivity index (χ1) is 6.95. The van der Waals surface area contributed by atoms with Crippen LogP contribution in [-0.4, -0.2) is 28.2 Å². The van der Waals surface area contributed by atoms with Crippen molar-refractivity contribution in [2.45, 2.75) is 33.2 Å². The van der Waals surface area contributed by atoms with Crippen molar-refractivity contribution in [2.75, 3.05) is 11.9 Å². The molecule has 1 aromatic rings. The summed E-state index contributed by atoms with van der Waals surface area (Å²) in [6.45, 7) is 8.53. The minimum atomic E-state index is -0.209. The van der Waals surface area contributed by atoms with Gasteiger partial charge in [-0.1, -0.05) is 5.16 Å². The van der Waals surface area contributed by atoms with Gasteiger partial charge in [0.1, 0.15) is 0 Å². The third-order valence-corrected chi connectivity index (χ3v) is 2.04. The quantitative estimate of drug-likeness (QED) is 0.816. The molecule has 1 aromatic heterocycles. The second kappa shape index (κ2) is 4.33. The standard InChI is InChI=1S/C10H17N3O2/c1-5-13(10(2,3)4)9(14)12-8-6-7-11-15-8/h6-7H,5H2,1-4H3,(H,12,14). The van der Waals surface area contributed by atoms with Crippen LogP contribution in [0.15, 0.2) is 16.8 Å². The lowest BCUT2D eigenvalue weighted by Crippen LogP contribution is -2.47. The Morgan fingerprint density at radius 2 is 2.27 bits per heavy atom. The molecule has 1 N–H and O–H groups in total. The molecule has 0 saturated heterocycles. The molecule has 0 fully saturated rings. The molecule has 2 amide bonds. The zero-order valence-corrected chi connectivity index (χ0v) is 9.57. The van der Waals surface area contributed by atoms with Gasteiger partial charge in [-0.2, -0.15) is 0 Å². The number of hydrogen-bond acceptors (Lipinski definition) is 3. The number of rotatable bonds is 2. The zero-order chi connectivity index (χ0) is 11.5. The van der Waals surface area contributed by atoms with Gasteiger partial charge in [0.15, 0.2) is 0 Å². The molecule has 15 heavy (non-hydrogen) atoms. The van der Waals surface area contributed by atoms with E-state index in [4.69, 9.17) is 4.52 Å². The molecular formula is C10H17N3O2. The minimum absolute atomic E-state index is 0.179. The molecule has 0 atom stereocenters. The fourth-order valence-electron chi connectivity index (χ4n) is 1.38. The van der Waals surface area contributed by atoms with E-state index in [1.165, 1.54) is 6.20 Å². The van der Waals surface area contributed by atoms with Crippen LogP contribution >= 0.6 is 0 Å². The third-order valence-electron chi connectivity index (χ3n) is 2.04. The Morgan fingerprint density at radius 3 is 2.67 bits per heavy atom. The lowest BCUT2D eigenvalue weighted by Gasteiger charge is -2.34. The molecule has 0 unspecified atom stereocenters. The fraction of sp³-hybridized carbons (Fsp3) is 0.600. The average molecular weight is 211 g/mol. The van der Waals surface area contributed by atoms with Gasteiger partial charge in [0, 0.05) is 18.2 Å². The van der Waals surface area contributed by atoms with E-state index < -0.39 is 0 Å². The van der Waals surface area contributed by atoms with Gasteiger partial charge in [0.05, 0.1) is 6.20 Å². The summed E-state index contributed by atoms with van der Waals surface area (Å²) in [5.74, 6) is 0.364. The number of carbonyl (C=O) groups is 1. The van der Waals surface area contributed by atoms with Crippen molar-refractivity contribution in [1.29, 1.82) is 0 Å². The molecule has 0 saturated carbocycles. The number of hydrogen-bond donors (Lipinski definition) is 1. The van der Waals surface area contributed by atoms with Gasteiger partial charge in [0.2, 0.25) is 5.88 Å². The predicted octanol–water partition coefficient (Wildman–Crippen LogP) is 2.33. The van der Waals surface area contributed by atoms with Gasteiger partial charge in [-0.25, -0.2) is 4.79 Å². The summed E-state index contributed by atoms with van der Waals surface area (Å²) >= 11 is 0. The van der Waals surface area contributed by atoms with Crippen LogP contribution in [0.4, 0.5) is 10.7 Å². The molecule has 0 aliphatic carbocycles. The molecule has 0 aromatic carbocycles. The van der Waals surface area contributed by atoms with E-state index in [-0.39, 0.29) is 11.6 Å². The Kier molecular flexibility index (Phi) is 3.34. The highest BCUT2D eigenvalue weighted by Gasteiger charge is 2.25. The highest BCUT2D eigenvalue weighted by atomic mass is 16.5. The van der Waals surface area contributed by atoms with E-state index in [0.717, 1.165) is 0 Å². The first-order valence-electron chi connectivity index (χ1n) is 4.94. The number of nitrogens with zero attached hydrogens (tertiary/aromatic N) is 2. The van der Waals surface area contributed by atoms with Gasteiger partial charge < -0.3 is 9.42 Å². The fourth-order valence-corrected chi connectivity index (χ4v) is 1.38. The Morgan fingerprint density at radius 1 is 1.60 bits per heavy atom. The van der Waals surface area contributed by atoms with Crippen molar-refractivity contribution in [3.63, 3.8) is 0 Å². The number of amides is 2. The van der Waals surface area contributed by atoms with Crippen molar-refractivity contribution in [3.05, 3.63) is 12.3 Å². The van der Waals surface area contributed by atoms with Crippen LogP contribution < -0.4 is 5.32 Å².